The lowest BCUT2D eigenvalue weighted by Gasteiger charge is -2.25. The number of methoxy groups -OCH3 is 1. The summed E-state index contributed by atoms with van der Waals surface area (Å²) >= 11 is 0. The second-order valence-corrected chi connectivity index (χ2v) is 7.82. The van der Waals surface area contributed by atoms with Crippen LogP contribution in [0.5, 0.6) is 5.75 Å². The van der Waals surface area contributed by atoms with Gasteiger partial charge in [-0.05, 0) is 36.6 Å². The van der Waals surface area contributed by atoms with Crippen molar-refractivity contribution in [1.29, 1.82) is 0 Å². The molecule has 0 fully saturated rings. The summed E-state index contributed by atoms with van der Waals surface area (Å²) in [6, 6.07) is 9.05. The van der Waals surface area contributed by atoms with Crippen molar-refractivity contribution in [2.24, 2.45) is 13.0 Å². The molecule has 0 spiro atoms. The molecule has 0 N–H and O–H groups in total. The molecule has 0 atom stereocenters. The molecule has 7 heteroatoms. The fourth-order valence-corrected chi connectivity index (χ4v) is 3.50. The lowest BCUT2D eigenvalue weighted by Crippen LogP contribution is -2.38. The normalized spacial score (nSPS) is 11.0. The molecule has 7 nitrogen and oxygen atoms in total. The third-order valence-corrected chi connectivity index (χ3v) is 4.86. The Morgan fingerprint density at radius 1 is 1.23 bits per heavy atom. The number of amides is 1. The third-order valence-electron chi connectivity index (χ3n) is 4.86. The topological polar surface area (TPSA) is 69.4 Å². The fourth-order valence-electron chi connectivity index (χ4n) is 3.50. The first-order chi connectivity index (χ1) is 14.3. The minimum absolute atomic E-state index is 0.174. The zero-order valence-corrected chi connectivity index (χ0v) is 18.1. The average molecular weight is 409 g/mol. The van der Waals surface area contributed by atoms with Crippen molar-refractivity contribution in [2.75, 3.05) is 13.7 Å². The van der Waals surface area contributed by atoms with Gasteiger partial charge in [-0.15, -0.1) is 0 Å². The van der Waals surface area contributed by atoms with Gasteiger partial charge < -0.3 is 9.64 Å². The molecule has 0 radical (unpaired) electrons. The number of carbonyl (C=O) groups is 1. The predicted molar refractivity (Wildman–Crippen MR) is 116 cm³/mol. The molecule has 1 aromatic carbocycles. The molecule has 3 rings (SSSR count). The van der Waals surface area contributed by atoms with Crippen molar-refractivity contribution in [3.63, 3.8) is 0 Å². The van der Waals surface area contributed by atoms with Crippen LogP contribution in [0.15, 0.2) is 53.7 Å². The standard InChI is InChI=1S/C23H28N4O3/c1-16(2)13-26(15-18-12-24-25(4)14-18)22(28)21-17(3)10-11-27(23(21)29)19-8-6-7-9-20(19)30-5/h6-12,14,16H,13,15H2,1-5H3. The zero-order valence-electron chi connectivity index (χ0n) is 18.1. The smallest absolute Gasteiger partial charge is 0.268 e. The van der Waals surface area contributed by atoms with Gasteiger partial charge in [0.05, 0.1) is 19.0 Å². The summed E-state index contributed by atoms with van der Waals surface area (Å²) < 4.78 is 8.58. The van der Waals surface area contributed by atoms with Gasteiger partial charge in [-0.1, -0.05) is 26.0 Å². The number of nitrogens with zero attached hydrogens (tertiary/aromatic N) is 4. The van der Waals surface area contributed by atoms with Crippen LogP contribution in [-0.4, -0.2) is 38.8 Å². The number of hydrogen-bond acceptors (Lipinski definition) is 4. The van der Waals surface area contributed by atoms with E-state index >= 15 is 0 Å². The van der Waals surface area contributed by atoms with Crippen LogP contribution in [0.2, 0.25) is 0 Å². The number of benzene rings is 1. The highest BCUT2D eigenvalue weighted by molar-refractivity contribution is 5.95. The Morgan fingerprint density at radius 3 is 2.60 bits per heavy atom. The molecule has 30 heavy (non-hydrogen) atoms. The van der Waals surface area contributed by atoms with E-state index in [9.17, 15) is 9.59 Å². The van der Waals surface area contributed by atoms with Gasteiger partial charge in [-0.25, -0.2) is 0 Å². The second kappa shape index (κ2) is 8.98. The lowest BCUT2D eigenvalue weighted by atomic mass is 10.1. The highest BCUT2D eigenvalue weighted by Crippen LogP contribution is 2.21. The van der Waals surface area contributed by atoms with Crippen LogP contribution in [0.25, 0.3) is 5.69 Å². The van der Waals surface area contributed by atoms with Crippen molar-refractivity contribution in [3.05, 3.63) is 76.0 Å². The Balaban J connectivity index is 2.05. The van der Waals surface area contributed by atoms with Gasteiger partial charge in [-0.3, -0.25) is 18.8 Å². The summed E-state index contributed by atoms with van der Waals surface area (Å²) in [6.07, 6.45) is 5.30. The van der Waals surface area contributed by atoms with E-state index in [4.69, 9.17) is 4.74 Å². The average Bonchev–Trinajstić information content (AvgIpc) is 3.12. The maximum Gasteiger partial charge on any atom is 0.268 e. The molecule has 0 unspecified atom stereocenters. The number of rotatable bonds is 7. The van der Waals surface area contributed by atoms with Crippen LogP contribution in [0.1, 0.15) is 35.3 Å². The molecule has 1 amide bonds. The Bertz CT molecular complexity index is 1100. The van der Waals surface area contributed by atoms with Crippen molar-refractivity contribution < 1.29 is 9.53 Å². The van der Waals surface area contributed by atoms with Crippen molar-refractivity contribution >= 4 is 5.91 Å². The molecular weight excluding hydrogens is 380 g/mol. The summed E-state index contributed by atoms with van der Waals surface area (Å²) in [5.41, 5.74) is 1.99. The number of pyridine rings is 1. The van der Waals surface area contributed by atoms with Crippen LogP contribution < -0.4 is 10.3 Å². The molecule has 0 saturated carbocycles. The number of ether oxygens (including phenoxy) is 1. The van der Waals surface area contributed by atoms with Gasteiger partial charge >= 0.3 is 0 Å². The van der Waals surface area contributed by atoms with Crippen LogP contribution >= 0.6 is 0 Å². The Morgan fingerprint density at radius 2 is 1.97 bits per heavy atom. The van der Waals surface area contributed by atoms with Crippen LogP contribution in [0, 0.1) is 12.8 Å². The summed E-state index contributed by atoms with van der Waals surface area (Å²) in [4.78, 5) is 28.6. The monoisotopic (exact) mass is 408 g/mol. The Labute approximate surface area is 176 Å². The first-order valence-corrected chi connectivity index (χ1v) is 9.94. The summed E-state index contributed by atoms with van der Waals surface area (Å²) in [6.45, 7) is 6.82. The van der Waals surface area contributed by atoms with Crippen LogP contribution in [0.3, 0.4) is 0 Å². The van der Waals surface area contributed by atoms with E-state index in [-0.39, 0.29) is 22.9 Å². The zero-order chi connectivity index (χ0) is 21.8. The highest BCUT2D eigenvalue weighted by atomic mass is 16.5. The molecule has 0 aliphatic heterocycles. The number of hydrogen-bond donors (Lipinski definition) is 0. The van der Waals surface area contributed by atoms with E-state index in [0.29, 0.717) is 30.1 Å². The number of aryl methyl sites for hydroxylation is 2. The molecule has 2 heterocycles. The van der Waals surface area contributed by atoms with E-state index in [1.54, 1.807) is 54.2 Å². The molecule has 3 aromatic rings. The molecule has 0 bridgehead atoms. The van der Waals surface area contributed by atoms with Crippen LogP contribution in [-0.2, 0) is 13.6 Å². The maximum atomic E-state index is 13.5. The van der Waals surface area contributed by atoms with Crippen molar-refractivity contribution in [3.8, 4) is 11.4 Å². The largest absolute Gasteiger partial charge is 0.495 e. The SMILES string of the molecule is COc1ccccc1-n1ccc(C)c(C(=O)N(Cc2cnn(C)c2)CC(C)C)c1=O. The molecule has 0 aliphatic rings. The predicted octanol–water partition coefficient (Wildman–Crippen LogP) is 3.19. The summed E-state index contributed by atoms with van der Waals surface area (Å²) in [7, 11) is 3.40. The number of para-hydroxylation sites is 2. The Hall–Kier alpha value is -3.35. The lowest BCUT2D eigenvalue weighted by molar-refractivity contribution is 0.0719. The van der Waals surface area contributed by atoms with E-state index < -0.39 is 0 Å². The van der Waals surface area contributed by atoms with E-state index in [1.807, 2.05) is 25.4 Å². The highest BCUT2D eigenvalue weighted by Gasteiger charge is 2.24. The first-order valence-electron chi connectivity index (χ1n) is 9.94. The van der Waals surface area contributed by atoms with Crippen molar-refractivity contribution in [1.82, 2.24) is 19.2 Å². The maximum absolute atomic E-state index is 13.5. The second-order valence-electron chi connectivity index (χ2n) is 7.82. The minimum atomic E-state index is -0.357. The Kier molecular flexibility index (Phi) is 6.40. The number of carbonyl (C=O) groups excluding carboxylic acids is 1. The van der Waals surface area contributed by atoms with Gasteiger partial charge in [0, 0.05) is 38.1 Å². The first kappa shape index (κ1) is 21.4. The quantitative estimate of drug-likeness (QED) is 0.602. The van der Waals surface area contributed by atoms with Gasteiger partial charge in [0.25, 0.3) is 11.5 Å². The van der Waals surface area contributed by atoms with Gasteiger partial charge in [0.15, 0.2) is 0 Å². The fraction of sp³-hybridized carbons (Fsp3) is 0.348. The third kappa shape index (κ3) is 4.45. The molecule has 0 aliphatic carbocycles. The van der Waals surface area contributed by atoms with Crippen molar-refractivity contribution in [2.45, 2.75) is 27.3 Å². The van der Waals surface area contributed by atoms with Gasteiger partial charge in [0.2, 0.25) is 0 Å². The van der Waals surface area contributed by atoms with E-state index in [1.165, 1.54) is 4.57 Å². The van der Waals surface area contributed by atoms with Gasteiger partial charge in [-0.2, -0.15) is 5.10 Å². The van der Waals surface area contributed by atoms with Crippen LogP contribution in [0.4, 0.5) is 0 Å². The summed E-state index contributed by atoms with van der Waals surface area (Å²) in [5.74, 6) is 0.543. The minimum Gasteiger partial charge on any atom is -0.495 e. The van der Waals surface area contributed by atoms with E-state index in [0.717, 1.165) is 5.56 Å². The molecule has 0 saturated heterocycles. The molecular formula is C23H28N4O3. The summed E-state index contributed by atoms with van der Waals surface area (Å²) in [5, 5.41) is 4.19. The molecule has 158 valence electrons. The van der Waals surface area contributed by atoms with E-state index in [2.05, 4.69) is 18.9 Å². The van der Waals surface area contributed by atoms with Gasteiger partial charge in [0.1, 0.15) is 11.3 Å². The number of aromatic nitrogens is 3. The molecule has 2 aromatic heterocycles.